The second-order valence-corrected chi connectivity index (χ2v) is 6.35. The van der Waals surface area contributed by atoms with Crippen LogP contribution in [0.15, 0.2) is 42.5 Å². The van der Waals surface area contributed by atoms with E-state index in [-0.39, 0.29) is 18.4 Å². The average Bonchev–Trinajstić information content (AvgIpc) is 2.71. The number of aryl methyl sites for hydroxylation is 2. The lowest BCUT2D eigenvalue weighted by molar-refractivity contribution is -0.120. The Morgan fingerprint density at radius 2 is 1.54 bits per heavy atom. The van der Waals surface area contributed by atoms with Crippen molar-refractivity contribution in [3.8, 4) is 0 Å². The third-order valence-corrected chi connectivity index (χ3v) is 4.55. The average molecular weight is 382 g/mol. The summed E-state index contributed by atoms with van der Waals surface area (Å²) in [4.78, 5) is 37.7. The summed E-state index contributed by atoms with van der Waals surface area (Å²) in [6.45, 7) is 5.36. The van der Waals surface area contributed by atoms with E-state index in [0.717, 1.165) is 29.7 Å². The Bertz CT molecular complexity index is 837. The van der Waals surface area contributed by atoms with E-state index in [1.165, 1.54) is 18.9 Å². The molecule has 2 aromatic carbocycles. The molecule has 1 N–H and O–H groups in total. The van der Waals surface area contributed by atoms with Gasteiger partial charge in [-0.2, -0.15) is 0 Å². The number of hydrogen-bond acceptors (Lipinski definition) is 4. The van der Waals surface area contributed by atoms with Gasteiger partial charge in [0.25, 0.3) is 0 Å². The fourth-order valence-electron chi connectivity index (χ4n) is 3.01. The molecule has 0 fully saturated rings. The Hall–Kier alpha value is -3.15. The molecule has 0 aliphatic carbocycles. The van der Waals surface area contributed by atoms with Crippen LogP contribution in [-0.4, -0.2) is 31.4 Å². The molecule has 0 radical (unpaired) electrons. The number of esters is 1. The first-order valence-corrected chi connectivity index (χ1v) is 9.28. The number of methoxy groups -OCH3 is 1. The van der Waals surface area contributed by atoms with Gasteiger partial charge in [0.15, 0.2) is 0 Å². The summed E-state index contributed by atoms with van der Waals surface area (Å²) in [7, 11) is 1.31. The zero-order valence-electron chi connectivity index (χ0n) is 16.7. The second kappa shape index (κ2) is 9.69. The lowest BCUT2D eigenvalue weighted by Gasteiger charge is -2.22. The Balaban J connectivity index is 2.20. The fourth-order valence-corrected chi connectivity index (χ4v) is 3.01. The standard InChI is InChI=1S/C22H26N2O4/c1-5-16-8-7-9-17(6-2)21(16)23-20(26)14-24(15(3)25)19-12-10-18(11-13-19)22(27)28-4/h7-13H,5-6,14H2,1-4H3,(H,23,26). The van der Waals surface area contributed by atoms with E-state index in [2.05, 4.69) is 10.1 Å². The highest BCUT2D eigenvalue weighted by atomic mass is 16.5. The number of nitrogens with zero attached hydrogens (tertiary/aromatic N) is 1. The quantitative estimate of drug-likeness (QED) is 0.743. The largest absolute Gasteiger partial charge is 0.465 e. The van der Waals surface area contributed by atoms with Gasteiger partial charge in [0.2, 0.25) is 11.8 Å². The minimum absolute atomic E-state index is 0.117. The van der Waals surface area contributed by atoms with Crippen LogP contribution in [0, 0.1) is 0 Å². The number of benzene rings is 2. The maximum atomic E-state index is 12.7. The predicted molar refractivity (Wildman–Crippen MR) is 110 cm³/mol. The maximum absolute atomic E-state index is 12.7. The number of anilines is 2. The van der Waals surface area contributed by atoms with Gasteiger partial charge in [-0.05, 0) is 48.2 Å². The number of hydrogen-bond donors (Lipinski definition) is 1. The number of ether oxygens (including phenoxy) is 1. The molecule has 0 saturated heterocycles. The van der Waals surface area contributed by atoms with Crippen LogP contribution in [0.2, 0.25) is 0 Å². The van der Waals surface area contributed by atoms with E-state index in [4.69, 9.17) is 0 Å². The highest BCUT2D eigenvalue weighted by molar-refractivity contribution is 6.02. The van der Waals surface area contributed by atoms with Gasteiger partial charge >= 0.3 is 5.97 Å². The Labute approximate surface area is 165 Å². The van der Waals surface area contributed by atoms with E-state index >= 15 is 0 Å². The SMILES string of the molecule is CCc1cccc(CC)c1NC(=O)CN(C(C)=O)c1ccc(C(=O)OC)cc1. The van der Waals surface area contributed by atoms with Gasteiger partial charge < -0.3 is 15.0 Å². The molecule has 0 atom stereocenters. The van der Waals surface area contributed by atoms with Crippen molar-refractivity contribution in [3.63, 3.8) is 0 Å². The molecule has 2 aromatic rings. The van der Waals surface area contributed by atoms with Gasteiger partial charge in [0.05, 0.1) is 12.7 Å². The fraction of sp³-hybridized carbons (Fsp3) is 0.318. The molecular formula is C22H26N2O4. The first-order valence-electron chi connectivity index (χ1n) is 9.28. The summed E-state index contributed by atoms with van der Waals surface area (Å²) in [6, 6.07) is 12.3. The van der Waals surface area contributed by atoms with E-state index in [1.54, 1.807) is 24.3 Å². The molecule has 0 bridgehead atoms. The third-order valence-electron chi connectivity index (χ3n) is 4.55. The number of carbonyl (C=O) groups excluding carboxylic acids is 3. The molecule has 0 unspecified atom stereocenters. The highest BCUT2D eigenvalue weighted by Crippen LogP contribution is 2.23. The normalized spacial score (nSPS) is 10.3. The van der Waals surface area contributed by atoms with Gasteiger partial charge in [-0.15, -0.1) is 0 Å². The summed E-state index contributed by atoms with van der Waals surface area (Å²) in [5, 5.41) is 2.97. The van der Waals surface area contributed by atoms with Crippen molar-refractivity contribution in [1.29, 1.82) is 0 Å². The minimum Gasteiger partial charge on any atom is -0.465 e. The van der Waals surface area contributed by atoms with Crippen molar-refractivity contribution >= 4 is 29.2 Å². The van der Waals surface area contributed by atoms with Crippen molar-refractivity contribution in [3.05, 3.63) is 59.2 Å². The van der Waals surface area contributed by atoms with Crippen LogP contribution in [0.4, 0.5) is 11.4 Å². The van der Waals surface area contributed by atoms with Crippen LogP contribution in [0.1, 0.15) is 42.3 Å². The minimum atomic E-state index is -0.457. The third kappa shape index (κ3) is 4.97. The number of nitrogens with one attached hydrogen (secondary N) is 1. The summed E-state index contributed by atoms with van der Waals surface area (Å²) in [5.74, 6) is -0.995. The van der Waals surface area contributed by atoms with Gasteiger partial charge in [0.1, 0.15) is 6.54 Å². The summed E-state index contributed by atoms with van der Waals surface area (Å²) in [6.07, 6.45) is 1.60. The van der Waals surface area contributed by atoms with Gasteiger partial charge in [0, 0.05) is 18.3 Å². The van der Waals surface area contributed by atoms with E-state index in [0.29, 0.717) is 11.3 Å². The van der Waals surface area contributed by atoms with Crippen molar-refractivity contribution in [2.24, 2.45) is 0 Å². The molecule has 148 valence electrons. The maximum Gasteiger partial charge on any atom is 0.337 e. The molecule has 0 saturated carbocycles. The van der Waals surface area contributed by atoms with Crippen LogP contribution >= 0.6 is 0 Å². The van der Waals surface area contributed by atoms with Crippen LogP contribution in [0.3, 0.4) is 0 Å². The summed E-state index contributed by atoms with van der Waals surface area (Å²) < 4.78 is 4.68. The lowest BCUT2D eigenvalue weighted by atomic mass is 10.0. The Morgan fingerprint density at radius 1 is 0.964 bits per heavy atom. The smallest absolute Gasteiger partial charge is 0.337 e. The molecule has 6 nitrogen and oxygen atoms in total. The van der Waals surface area contributed by atoms with Crippen molar-refractivity contribution in [2.45, 2.75) is 33.6 Å². The van der Waals surface area contributed by atoms with Crippen molar-refractivity contribution < 1.29 is 19.1 Å². The second-order valence-electron chi connectivity index (χ2n) is 6.35. The molecule has 28 heavy (non-hydrogen) atoms. The first kappa shape index (κ1) is 21.2. The molecule has 2 rings (SSSR count). The van der Waals surface area contributed by atoms with E-state index in [1.807, 2.05) is 32.0 Å². The van der Waals surface area contributed by atoms with Crippen LogP contribution in [-0.2, 0) is 27.2 Å². The first-order chi connectivity index (χ1) is 13.4. The van der Waals surface area contributed by atoms with Crippen LogP contribution in [0.5, 0.6) is 0 Å². The molecule has 0 aromatic heterocycles. The number of amides is 2. The van der Waals surface area contributed by atoms with Crippen molar-refractivity contribution in [1.82, 2.24) is 0 Å². The molecule has 0 aliphatic rings. The monoisotopic (exact) mass is 382 g/mol. The zero-order chi connectivity index (χ0) is 20.7. The zero-order valence-corrected chi connectivity index (χ0v) is 16.7. The molecule has 6 heteroatoms. The number of para-hydroxylation sites is 1. The topological polar surface area (TPSA) is 75.7 Å². The van der Waals surface area contributed by atoms with Gasteiger partial charge in [-0.3, -0.25) is 9.59 Å². The van der Waals surface area contributed by atoms with Crippen LogP contribution in [0.25, 0.3) is 0 Å². The molecule has 0 aliphatic heterocycles. The predicted octanol–water partition coefficient (Wildman–Crippen LogP) is 3.59. The van der Waals surface area contributed by atoms with Gasteiger partial charge in [-0.25, -0.2) is 4.79 Å². The number of carbonyl (C=O) groups is 3. The number of rotatable bonds is 7. The molecule has 2 amide bonds. The summed E-state index contributed by atoms with van der Waals surface area (Å²) in [5.41, 5.74) is 3.86. The molecule has 0 heterocycles. The van der Waals surface area contributed by atoms with Gasteiger partial charge in [-0.1, -0.05) is 32.0 Å². The Morgan fingerprint density at radius 3 is 2.00 bits per heavy atom. The van der Waals surface area contributed by atoms with E-state index in [9.17, 15) is 14.4 Å². The van der Waals surface area contributed by atoms with Crippen LogP contribution < -0.4 is 10.2 Å². The Kier molecular flexibility index (Phi) is 7.32. The van der Waals surface area contributed by atoms with Crippen molar-refractivity contribution in [2.75, 3.05) is 23.9 Å². The highest BCUT2D eigenvalue weighted by Gasteiger charge is 2.18. The molecular weight excluding hydrogens is 356 g/mol. The summed E-state index contributed by atoms with van der Waals surface area (Å²) >= 11 is 0. The lowest BCUT2D eigenvalue weighted by Crippen LogP contribution is -2.37. The molecule has 0 spiro atoms. The van der Waals surface area contributed by atoms with E-state index < -0.39 is 5.97 Å².